The minimum absolute atomic E-state index is 0.0195. The topological polar surface area (TPSA) is 199 Å². The van der Waals surface area contributed by atoms with Crippen LogP contribution in [0.2, 0.25) is 0 Å². The predicted molar refractivity (Wildman–Crippen MR) is 223 cm³/mol. The summed E-state index contributed by atoms with van der Waals surface area (Å²) >= 11 is 0. The Bertz CT molecular complexity index is 1560. The number of aliphatic hydroxyl groups excluding tert-OH is 3. The molecule has 1 saturated carbocycles. The number of aliphatic hydroxyl groups is 4. The highest BCUT2D eigenvalue weighted by Crippen LogP contribution is 2.40. The number of esters is 1. The van der Waals surface area contributed by atoms with Crippen LogP contribution in [0.1, 0.15) is 112 Å². The van der Waals surface area contributed by atoms with E-state index < -0.39 is 84.2 Å². The van der Waals surface area contributed by atoms with Gasteiger partial charge in [0.05, 0.1) is 30.5 Å². The van der Waals surface area contributed by atoms with E-state index in [-0.39, 0.29) is 61.7 Å². The van der Waals surface area contributed by atoms with Crippen molar-refractivity contribution >= 4 is 23.4 Å². The van der Waals surface area contributed by atoms with Crippen molar-refractivity contribution in [3.05, 3.63) is 35.5 Å². The molecule has 340 valence electrons. The lowest BCUT2D eigenvalue weighted by Crippen LogP contribution is -2.66. The molecular weight excluding hydrogens is 774 g/mol. The van der Waals surface area contributed by atoms with Gasteiger partial charge in [-0.2, -0.15) is 0 Å². The number of piperidine rings is 1. The van der Waals surface area contributed by atoms with Gasteiger partial charge in [-0.05, 0) is 108 Å². The summed E-state index contributed by atoms with van der Waals surface area (Å²) in [5.74, 6) is -6.56. The maximum Gasteiger partial charge on any atom is 0.329 e. The Labute approximate surface area is 356 Å². The molecule has 60 heavy (non-hydrogen) atoms. The first-order chi connectivity index (χ1) is 28.3. The number of hydrogen-bond acceptors (Lipinski definition) is 13. The Hall–Kier alpha value is -2.82. The van der Waals surface area contributed by atoms with E-state index in [1.54, 1.807) is 27.0 Å². The van der Waals surface area contributed by atoms with Gasteiger partial charge in [0.25, 0.3) is 5.91 Å². The second kappa shape index (κ2) is 22.5. The molecule has 3 heterocycles. The van der Waals surface area contributed by atoms with E-state index in [2.05, 4.69) is 0 Å². The molecule has 14 heteroatoms. The molecule has 4 rings (SSSR count). The molecule has 3 fully saturated rings. The largest absolute Gasteiger partial charge is 0.456 e. The number of amides is 1. The van der Waals surface area contributed by atoms with Crippen LogP contribution >= 0.6 is 0 Å². The minimum atomic E-state index is -2.34. The summed E-state index contributed by atoms with van der Waals surface area (Å²) in [5, 5.41) is 46.2. The Morgan fingerprint density at radius 3 is 2.22 bits per heavy atom. The molecule has 0 spiro atoms. The number of Topliss-reactive ketones (excluding diaryl/α,β-unsaturated/α-hetero) is 1. The number of cyclic esters (lactones) is 1. The fraction of sp³-hybridized carbons (Fsp3) is 0.783. The van der Waals surface area contributed by atoms with Crippen molar-refractivity contribution < 1.29 is 63.3 Å². The van der Waals surface area contributed by atoms with Crippen molar-refractivity contribution in [2.45, 2.75) is 173 Å². The molecule has 0 aromatic rings. The first-order valence-corrected chi connectivity index (χ1v) is 21.9. The van der Waals surface area contributed by atoms with Crippen molar-refractivity contribution in [1.82, 2.24) is 4.90 Å². The lowest BCUT2D eigenvalue weighted by atomic mass is 9.81. The second-order valence-corrected chi connectivity index (χ2v) is 18.2. The van der Waals surface area contributed by atoms with Gasteiger partial charge < -0.3 is 49.0 Å². The summed E-state index contributed by atoms with van der Waals surface area (Å²) in [7, 11) is 4.62. The number of carbonyl (C=O) groups excluding carboxylic acids is 4. The molecule has 1 aliphatic carbocycles. The van der Waals surface area contributed by atoms with Crippen LogP contribution in [0.5, 0.6) is 0 Å². The number of fused-ring (bicyclic) bond motifs is 3. The number of methoxy groups -OCH3 is 3. The number of allylic oxidation sites excluding steroid dienone is 5. The van der Waals surface area contributed by atoms with Crippen molar-refractivity contribution in [2.24, 2.45) is 29.6 Å². The third-order valence-electron chi connectivity index (χ3n) is 13.4. The molecule has 4 N–H and O–H groups in total. The third-order valence-corrected chi connectivity index (χ3v) is 13.4. The zero-order chi connectivity index (χ0) is 44.5. The second-order valence-electron chi connectivity index (χ2n) is 18.2. The fourth-order valence-corrected chi connectivity index (χ4v) is 9.77. The first kappa shape index (κ1) is 49.8. The molecule has 14 nitrogen and oxygen atoms in total. The van der Waals surface area contributed by atoms with Crippen LogP contribution in [0.25, 0.3) is 0 Å². The summed E-state index contributed by atoms with van der Waals surface area (Å²) in [6.45, 7) is 10.7. The summed E-state index contributed by atoms with van der Waals surface area (Å²) in [6, 6.07) is -1.11. The standard InChI is InChI=1S/C46H73NO13/c1-26-19-27(2)21-39(57-8)42-40(58-9)23-29(4)46(55,60-42)43(52)44(53)47-18-11-10-15-34(47)45(54)59-41(28(3)22-32-16-17-35(49)38(24-32)56-7)31(6)36(50)25-37(51)33(20-26)14-12-13-30(5)48/h12-13,20,22,27,29,31-36,38-43,49-50,52,55H,10-11,14-19,21,23-25H2,1-9H3/b13-12+,26-20+,28-22+/t27-,29+,31+,32-,33+,34-,35+,36-,38+,39-,40-,41+,42+,43?,46+/m0/s1. The van der Waals surface area contributed by atoms with E-state index in [1.165, 1.54) is 32.1 Å². The van der Waals surface area contributed by atoms with E-state index in [4.69, 9.17) is 23.7 Å². The van der Waals surface area contributed by atoms with E-state index in [9.17, 15) is 39.6 Å². The quantitative estimate of drug-likeness (QED) is 0.153. The fourth-order valence-electron chi connectivity index (χ4n) is 9.77. The van der Waals surface area contributed by atoms with Crippen LogP contribution in [-0.2, 0) is 42.9 Å². The number of hydrogen-bond donors (Lipinski definition) is 4. The maximum atomic E-state index is 14.4. The van der Waals surface area contributed by atoms with Crippen LogP contribution < -0.4 is 0 Å². The zero-order valence-corrected chi connectivity index (χ0v) is 37.3. The monoisotopic (exact) mass is 848 g/mol. The van der Waals surface area contributed by atoms with Gasteiger partial charge in [0, 0.05) is 52.0 Å². The van der Waals surface area contributed by atoms with Gasteiger partial charge in [-0.3, -0.25) is 14.4 Å². The van der Waals surface area contributed by atoms with Crippen LogP contribution in [0, 0.1) is 29.6 Å². The Balaban J connectivity index is 1.80. The average molecular weight is 848 g/mol. The van der Waals surface area contributed by atoms with Crippen LogP contribution in [0.3, 0.4) is 0 Å². The average Bonchev–Trinajstić information content (AvgIpc) is 3.21. The molecule has 3 aliphatic heterocycles. The van der Waals surface area contributed by atoms with Crippen molar-refractivity contribution in [3.63, 3.8) is 0 Å². The minimum Gasteiger partial charge on any atom is -0.456 e. The maximum absolute atomic E-state index is 14.4. The van der Waals surface area contributed by atoms with Crippen LogP contribution in [-0.4, -0.2) is 137 Å². The van der Waals surface area contributed by atoms with Crippen molar-refractivity contribution in [2.75, 3.05) is 27.9 Å². The molecular formula is C46H73NO13. The number of ether oxygens (including phenoxy) is 5. The van der Waals surface area contributed by atoms with E-state index in [0.29, 0.717) is 50.5 Å². The molecule has 1 amide bonds. The van der Waals surface area contributed by atoms with Gasteiger partial charge in [0.15, 0.2) is 11.9 Å². The number of ketones is 2. The van der Waals surface area contributed by atoms with Gasteiger partial charge in [0.1, 0.15) is 24.0 Å². The summed E-state index contributed by atoms with van der Waals surface area (Å²) in [5.41, 5.74) is 1.55. The number of rotatable bonds is 8. The smallest absolute Gasteiger partial charge is 0.329 e. The first-order valence-electron chi connectivity index (χ1n) is 21.9. The predicted octanol–water partition coefficient (Wildman–Crippen LogP) is 4.39. The summed E-state index contributed by atoms with van der Waals surface area (Å²) < 4.78 is 30.0. The zero-order valence-electron chi connectivity index (χ0n) is 37.3. The highest BCUT2D eigenvalue weighted by Gasteiger charge is 2.56. The third kappa shape index (κ3) is 12.4. The van der Waals surface area contributed by atoms with Gasteiger partial charge in [0.2, 0.25) is 5.79 Å². The van der Waals surface area contributed by atoms with E-state index in [0.717, 1.165) is 5.57 Å². The molecule has 0 aromatic carbocycles. The number of nitrogens with zero attached hydrogens (tertiary/aromatic N) is 1. The van der Waals surface area contributed by atoms with Crippen LogP contribution in [0.4, 0.5) is 0 Å². The molecule has 2 saturated heterocycles. The Morgan fingerprint density at radius 2 is 1.57 bits per heavy atom. The molecule has 4 aliphatic rings. The van der Waals surface area contributed by atoms with Gasteiger partial charge >= 0.3 is 5.97 Å². The SMILES string of the molecule is CO[C@H]1C[C@@H](C)C/C(C)=C/[C@@H](C/C=C/C(C)=O)C(=O)C[C@H](O)[C@@H](C)[C@@H](/C(C)=C/[C@@H]2CC[C@@H](O)[C@H](OC)C2)OC(=O)[C@@H]2CCCCN2C(=O)C(O)[C@]2(O)O[C@H]1[C@@H](OC)C[C@H]2C. The number of carbonyl (C=O) groups is 4. The van der Waals surface area contributed by atoms with Gasteiger partial charge in [-0.15, -0.1) is 0 Å². The molecule has 2 bridgehead atoms. The Morgan fingerprint density at radius 1 is 0.900 bits per heavy atom. The van der Waals surface area contributed by atoms with Gasteiger partial charge in [-0.1, -0.05) is 44.6 Å². The van der Waals surface area contributed by atoms with E-state index >= 15 is 0 Å². The van der Waals surface area contributed by atoms with Crippen molar-refractivity contribution in [1.29, 1.82) is 0 Å². The lowest BCUT2D eigenvalue weighted by molar-refractivity contribution is -0.346. The molecule has 15 atom stereocenters. The normalized spacial score (nSPS) is 40.9. The summed E-state index contributed by atoms with van der Waals surface area (Å²) in [4.78, 5) is 56.0. The molecule has 1 unspecified atom stereocenters. The van der Waals surface area contributed by atoms with Crippen LogP contribution in [0.15, 0.2) is 35.5 Å². The molecule has 0 aromatic heterocycles. The molecule has 0 radical (unpaired) electrons. The highest BCUT2D eigenvalue weighted by molar-refractivity contribution is 5.88. The Kier molecular flexibility index (Phi) is 18.7. The van der Waals surface area contributed by atoms with Crippen molar-refractivity contribution in [3.8, 4) is 0 Å². The summed E-state index contributed by atoms with van der Waals surface area (Å²) in [6.07, 6.45) is 4.02. The van der Waals surface area contributed by atoms with Gasteiger partial charge in [-0.25, -0.2) is 4.79 Å². The lowest BCUT2D eigenvalue weighted by Gasteiger charge is -2.49. The van der Waals surface area contributed by atoms with E-state index in [1.807, 2.05) is 32.9 Å². The highest BCUT2D eigenvalue weighted by atomic mass is 16.7.